The monoisotopic (exact) mass is 286 g/mol. The minimum atomic E-state index is 0.512. The molecule has 1 aromatic heterocycles. The average molecular weight is 286 g/mol. The fourth-order valence-corrected chi connectivity index (χ4v) is 2.91. The number of ether oxygens (including phenoxy) is 1. The maximum absolute atomic E-state index is 5.68. The van der Waals surface area contributed by atoms with Gasteiger partial charge in [0.05, 0.1) is 12.8 Å². The van der Waals surface area contributed by atoms with Gasteiger partial charge < -0.3 is 10.5 Å². The smallest absolute Gasteiger partial charge is 0.145 e. The van der Waals surface area contributed by atoms with Crippen molar-refractivity contribution in [2.75, 3.05) is 25.9 Å². The van der Waals surface area contributed by atoms with Gasteiger partial charge in [-0.2, -0.15) is 5.10 Å². The second-order valence-corrected chi connectivity index (χ2v) is 5.57. The quantitative estimate of drug-likeness (QED) is 0.906. The van der Waals surface area contributed by atoms with Gasteiger partial charge in [0, 0.05) is 23.7 Å². The van der Waals surface area contributed by atoms with Crippen molar-refractivity contribution in [2.24, 2.45) is 0 Å². The Hall–Kier alpha value is -2.01. The number of nitrogens with one attached hydrogen (secondary N) is 1. The molecular formula is C16H22N4O. The maximum atomic E-state index is 5.68. The zero-order valence-corrected chi connectivity index (χ0v) is 12.4. The van der Waals surface area contributed by atoms with Gasteiger partial charge in [-0.1, -0.05) is 6.42 Å². The van der Waals surface area contributed by atoms with Gasteiger partial charge in [0.15, 0.2) is 0 Å². The molecule has 0 atom stereocenters. The number of anilines is 1. The summed E-state index contributed by atoms with van der Waals surface area (Å²) in [6, 6.07) is 8.07. The number of piperidine rings is 1. The van der Waals surface area contributed by atoms with Gasteiger partial charge in [0.25, 0.3) is 0 Å². The summed E-state index contributed by atoms with van der Waals surface area (Å²) in [6.07, 6.45) is 3.93. The minimum absolute atomic E-state index is 0.512. The molecule has 1 aromatic carbocycles. The second-order valence-electron chi connectivity index (χ2n) is 5.57. The van der Waals surface area contributed by atoms with Gasteiger partial charge in [0.1, 0.15) is 11.6 Å². The van der Waals surface area contributed by atoms with Gasteiger partial charge in [-0.05, 0) is 44.1 Å². The molecule has 5 nitrogen and oxygen atoms in total. The lowest BCUT2D eigenvalue weighted by molar-refractivity contribution is 0.218. The number of aromatic nitrogens is 2. The molecular weight excluding hydrogens is 264 g/mol. The van der Waals surface area contributed by atoms with Crippen LogP contribution in [0.25, 0.3) is 11.3 Å². The van der Waals surface area contributed by atoms with E-state index < -0.39 is 0 Å². The fraction of sp³-hybridized carbons (Fsp3) is 0.438. The van der Waals surface area contributed by atoms with Crippen LogP contribution in [0.5, 0.6) is 5.75 Å². The molecule has 0 radical (unpaired) electrons. The number of methoxy groups -OCH3 is 1. The van der Waals surface area contributed by atoms with Crippen LogP contribution in [-0.4, -0.2) is 35.3 Å². The predicted octanol–water partition coefficient (Wildman–Crippen LogP) is 2.65. The summed E-state index contributed by atoms with van der Waals surface area (Å²) >= 11 is 0. The highest BCUT2D eigenvalue weighted by molar-refractivity contribution is 5.64. The fourth-order valence-electron chi connectivity index (χ4n) is 2.91. The van der Waals surface area contributed by atoms with E-state index in [0.29, 0.717) is 5.82 Å². The Bertz CT molecular complexity index is 602. The summed E-state index contributed by atoms with van der Waals surface area (Å²) in [6.45, 7) is 3.27. The summed E-state index contributed by atoms with van der Waals surface area (Å²) in [5.41, 5.74) is 8.93. The van der Waals surface area contributed by atoms with Crippen molar-refractivity contribution in [1.29, 1.82) is 0 Å². The van der Waals surface area contributed by atoms with Crippen molar-refractivity contribution in [3.8, 4) is 17.0 Å². The number of nitrogen functional groups attached to an aromatic ring is 1. The number of rotatable bonds is 4. The maximum Gasteiger partial charge on any atom is 0.145 e. The van der Waals surface area contributed by atoms with Gasteiger partial charge in [-0.25, -0.2) is 0 Å². The number of hydrogen-bond donors (Lipinski definition) is 2. The molecule has 112 valence electrons. The molecule has 0 spiro atoms. The van der Waals surface area contributed by atoms with Crippen LogP contribution in [0.2, 0.25) is 0 Å². The van der Waals surface area contributed by atoms with E-state index in [9.17, 15) is 0 Å². The lowest BCUT2D eigenvalue weighted by atomic mass is 10.0. The minimum Gasteiger partial charge on any atom is -0.496 e. The number of nitrogens with two attached hydrogens (primary N) is 1. The first-order valence-electron chi connectivity index (χ1n) is 7.47. The summed E-state index contributed by atoms with van der Waals surface area (Å²) in [7, 11) is 1.73. The third-order valence-electron chi connectivity index (χ3n) is 4.03. The van der Waals surface area contributed by atoms with Crippen LogP contribution in [0.1, 0.15) is 24.8 Å². The van der Waals surface area contributed by atoms with E-state index in [4.69, 9.17) is 10.5 Å². The number of likely N-dealkylation sites (tertiary alicyclic amines) is 1. The largest absolute Gasteiger partial charge is 0.496 e. The standard InChI is InChI=1S/C16H22N4O/c1-21-15-6-5-12(14-10-16(17)19-18-14)9-13(15)11-20-7-3-2-4-8-20/h5-6,9-10H,2-4,7-8,11H2,1H3,(H3,17,18,19). The molecule has 2 heterocycles. The van der Waals surface area contributed by atoms with Crippen molar-refractivity contribution in [3.05, 3.63) is 29.8 Å². The number of aromatic amines is 1. The molecule has 0 bridgehead atoms. The highest BCUT2D eigenvalue weighted by Crippen LogP contribution is 2.28. The summed E-state index contributed by atoms with van der Waals surface area (Å²) < 4.78 is 5.51. The summed E-state index contributed by atoms with van der Waals surface area (Å²) in [5, 5.41) is 6.95. The number of benzene rings is 1. The van der Waals surface area contributed by atoms with Gasteiger partial charge in [-0.3, -0.25) is 10.00 Å². The molecule has 1 fully saturated rings. The van der Waals surface area contributed by atoms with E-state index in [1.807, 2.05) is 18.2 Å². The topological polar surface area (TPSA) is 67.2 Å². The lowest BCUT2D eigenvalue weighted by Crippen LogP contribution is -2.29. The molecule has 1 aliphatic heterocycles. The number of nitrogens with zero attached hydrogens (tertiary/aromatic N) is 2. The van der Waals surface area contributed by atoms with Gasteiger partial charge in [-0.15, -0.1) is 0 Å². The molecule has 0 saturated carbocycles. The highest BCUT2D eigenvalue weighted by Gasteiger charge is 2.14. The zero-order chi connectivity index (χ0) is 14.7. The highest BCUT2D eigenvalue weighted by atomic mass is 16.5. The first kappa shape index (κ1) is 13.9. The molecule has 5 heteroatoms. The molecule has 1 aliphatic rings. The second kappa shape index (κ2) is 6.18. The Balaban J connectivity index is 1.86. The van der Waals surface area contributed by atoms with Crippen LogP contribution >= 0.6 is 0 Å². The van der Waals surface area contributed by atoms with E-state index in [1.54, 1.807) is 7.11 Å². The Morgan fingerprint density at radius 3 is 2.71 bits per heavy atom. The summed E-state index contributed by atoms with van der Waals surface area (Å²) in [4.78, 5) is 2.49. The first-order valence-corrected chi connectivity index (χ1v) is 7.47. The van der Waals surface area contributed by atoms with Crippen molar-refractivity contribution >= 4 is 5.82 Å². The molecule has 2 aromatic rings. The Morgan fingerprint density at radius 2 is 2.05 bits per heavy atom. The Morgan fingerprint density at radius 1 is 1.24 bits per heavy atom. The average Bonchev–Trinajstić information content (AvgIpc) is 2.95. The van der Waals surface area contributed by atoms with Crippen LogP contribution in [0.15, 0.2) is 24.3 Å². The van der Waals surface area contributed by atoms with E-state index in [-0.39, 0.29) is 0 Å². The molecule has 0 amide bonds. The van der Waals surface area contributed by atoms with Crippen molar-refractivity contribution in [3.63, 3.8) is 0 Å². The van der Waals surface area contributed by atoms with Crippen LogP contribution in [0.4, 0.5) is 5.82 Å². The Kier molecular flexibility index (Phi) is 4.10. The SMILES string of the molecule is COc1ccc(-c2cc(N)n[nH]2)cc1CN1CCCCC1. The predicted molar refractivity (Wildman–Crippen MR) is 84.1 cm³/mol. The van der Waals surface area contributed by atoms with Crippen molar-refractivity contribution in [2.45, 2.75) is 25.8 Å². The van der Waals surface area contributed by atoms with Crippen molar-refractivity contribution < 1.29 is 4.74 Å². The zero-order valence-electron chi connectivity index (χ0n) is 12.4. The molecule has 0 unspecified atom stereocenters. The van der Waals surface area contributed by atoms with Crippen LogP contribution in [-0.2, 0) is 6.54 Å². The van der Waals surface area contributed by atoms with Crippen LogP contribution < -0.4 is 10.5 Å². The first-order chi connectivity index (χ1) is 10.3. The molecule has 0 aliphatic carbocycles. The van der Waals surface area contributed by atoms with E-state index >= 15 is 0 Å². The molecule has 3 rings (SSSR count). The van der Waals surface area contributed by atoms with E-state index in [2.05, 4.69) is 21.2 Å². The number of hydrogen-bond acceptors (Lipinski definition) is 4. The lowest BCUT2D eigenvalue weighted by Gasteiger charge is -2.27. The molecule has 21 heavy (non-hydrogen) atoms. The van der Waals surface area contributed by atoms with Gasteiger partial charge >= 0.3 is 0 Å². The van der Waals surface area contributed by atoms with Crippen LogP contribution in [0.3, 0.4) is 0 Å². The number of H-pyrrole nitrogens is 1. The normalized spacial score (nSPS) is 16.0. The third-order valence-corrected chi connectivity index (χ3v) is 4.03. The molecule has 3 N–H and O–H groups in total. The summed E-state index contributed by atoms with van der Waals surface area (Å²) in [5.74, 6) is 1.45. The third kappa shape index (κ3) is 3.19. The van der Waals surface area contributed by atoms with Gasteiger partial charge in [0.2, 0.25) is 0 Å². The van der Waals surface area contributed by atoms with Crippen LogP contribution in [0, 0.1) is 0 Å². The Labute approximate surface area is 125 Å². The molecule has 1 saturated heterocycles. The van der Waals surface area contributed by atoms with Crippen molar-refractivity contribution in [1.82, 2.24) is 15.1 Å². The van der Waals surface area contributed by atoms with E-state index in [0.717, 1.165) is 23.6 Å². The van der Waals surface area contributed by atoms with E-state index in [1.165, 1.54) is 37.9 Å².